The van der Waals surface area contributed by atoms with Gasteiger partial charge >= 0.3 is 0 Å². The molecule has 26 heavy (non-hydrogen) atoms. The molecule has 2 aromatic rings. The van der Waals surface area contributed by atoms with Gasteiger partial charge in [-0.1, -0.05) is 38.1 Å². The summed E-state index contributed by atoms with van der Waals surface area (Å²) in [5.41, 5.74) is 2.76. The van der Waals surface area contributed by atoms with Crippen LogP contribution in [0.25, 0.3) is 0 Å². The fourth-order valence-electron chi connectivity index (χ4n) is 3.76. The minimum atomic E-state index is -0.146. The first-order valence-electron chi connectivity index (χ1n) is 9.06. The van der Waals surface area contributed by atoms with Gasteiger partial charge in [-0.3, -0.25) is 5.01 Å². The lowest BCUT2D eigenvalue weighted by atomic mass is 9.95. The van der Waals surface area contributed by atoms with Crippen molar-refractivity contribution in [3.8, 4) is 17.2 Å². The highest BCUT2D eigenvalue weighted by Crippen LogP contribution is 2.48. The van der Waals surface area contributed by atoms with Gasteiger partial charge in [-0.25, -0.2) is 0 Å². The molecule has 5 heteroatoms. The van der Waals surface area contributed by atoms with Crippen molar-refractivity contribution in [3.05, 3.63) is 53.6 Å². The van der Waals surface area contributed by atoms with Gasteiger partial charge in [0.05, 0.1) is 18.9 Å². The monoisotopic (exact) mass is 352 g/mol. The van der Waals surface area contributed by atoms with Crippen molar-refractivity contribution < 1.29 is 14.6 Å². The third-order valence-electron chi connectivity index (χ3n) is 4.97. The number of aromatic hydroxyl groups is 1. The van der Waals surface area contributed by atoms with Crippen molar-refractivity contribution in [1.82, 2.24) is 5.01 Å². The summed E-state index contributed by atoms with van der Waals surface area (Å²) in [7, 11) is 1.67. The highest BCUT2D eigenvalue weighted by Gasteiger charge is 2.41. The zero-order valence-electron chi connectivity index (χ0n) is 15.3. The van der Waals surface area contributed by atoms with E-state index in [1.807, 2.05) is 30.3 Å². The molecule has 4 rings (SSSR count). The lowest BCUT2D eigenvalue weighted by molar-refractivity contribution is -0.0308. The van der Waals surface area contributed by atoms with Crippen molar-refractivity contribution in [2.24, 2.45) is 11.0 Å². The third-order valence-corrected chi connectivity index (χ3v) is 4.97. The SMILES string of the molecule is COc1cccc2c1O[C@@H](CC(C)C)N1N=C(c3ccccc3O)C[C@H]21. The van der Waals surface area contributed by atoms with Gasteiger partial charge in [-0.15, -0.1) is 0 Å². The maximum Gasteiger partial charge on any atom is 0.188 e. The molecule has 2 heterocycles. The van der Waals surface area contributed by atoms with Crippen molar-refractivity contribution in [2.75, 3.05) is 7.11 Å². The summed E-state index contributed by atoms with van der Waals surface area (Å²) in [5, 5.41) is 17.2. The van der Waals surface area contributed by atoms with Crippen LogP contribution in [0.15, 0.2) is 47.6 Å². The van der Waals surface area contributed by atoms with Crippen LogP contribution in [-0.4, -0.2) is 29.2 Å². The van der Waals surface area contributed by atoms with E-state index in [-0.39, 0.29) is 18.0 Å². The molecular formula is C21H24N2O3. The standard InChI is InChI=1S/C21H24N2O3/c1-13(2)11-20-23-17(15-8-6-10-19(25-3)21(15)26-20)12-16(22-23)14-7-4-5-9-18(14)24/h4-10,13,17,20,24H,11-12H2,1-3H3/t17-,20+/m1/s1. The lowest BCUT2D eigenvalue weighted by Crippen LogP contribution is -2.41. The number of hydrogen-bond donors (Lipinski definition) is 1. The van der Waals surface area contributed by atoms with E-state index < -0.39 is 0 Å². The van der Waals surface area contributed by atoms with E-state index in [0.717, 1.165) is 41.2 Å². The Morgan fingerprint density at radius 2 is 2.04 bits per heavy atom. The Morgan fingerprint density at radius 3 is 2.77 bits per heavy atom. The Bertz CT molecular complexity index is 847. The largest absolute Gasteiger partial charge is 0.507 e. The van der Waals surface area contributed by atoms with Gasteiger partial charge in [-0.2, -0.15) is 5.10 Å². The highest BCUT2D eigenvalue weighted by atomic mass is 16.5. The Hall–Kier alpha value is -2.69. The number of benzene rings is 2. The van der Waals surface area contributed by atoms with Crippen LogP contribution < -0.4 is 9.47 Å². The molecule has 0 spiro atoms. The topological polar surface area (TPSA) is 54.3 Å². The molecule has 2 atom stereocenters. The minimum absolute atomic E-state index is 0.0900. The normalized spacial score (nSPS) is 21.1. The molecule has 0 saturated heterocycles. The molecule has 0 radical (unpaired) electrons. The second-order valence-electron chi connectivity index (χ2n) is 7.24. The fraction of sp³-hybridized carbons (Fsp3) is 0.381. The number of phenols is 1. The first-order valence-corrected chi connectivity index (χ1v) is 9.06. The summed E-state index contributed by atoms with van der Waals surface area (Å²) in [5.74, 6) is 2.31. The quantitative estimate of drug-likeness (QED) is 0.890. The van der Waals surface area contributed by atoms with Crippen LogP contribution in [0.1, 0.15) is 43.9 Å². The Labute approximate surface area is 153 Å². The molecule has 0 unspecified atom stereocenters. The van der Waals surface area contributed by atoms with Crippen molar-refractivity contribution in [1.29, 1.82) is 0 Å². The van der Waals surface area contributed by atoms with Crippen LogP contribution in [0.4, 0.5) is 0 Å². The van der Waals surface area contributed by atoms with Crippen LogP contribution in [0.3, 0.4) is 0 Å². The van der Waals surface area contributed by atoms with E-state index in [1.54, 1.807) is 13.2 Å². The summed E-state index contributed by atoms with van der Waals surface area (Å²) < 4.78 is 11.8. The number of para-hydroxylation sites is 2. The molecule has 0 fully saturated rings. The first kappa shape index (κ1) is 16.8. The molecule has 2 aromatic carbocycles. The third kappa shape index (κ3) is 2.77. The maximum absolute atomic E-state index is 10.2. The molecule has 136 valence electrons. The molecule has 2 aliphatic heterocycles. The summed E-state index contributed by atoms with van der Waals surface area (Å²) in [6.07, 6.45) is 1.45. The number of fused-ring (bicyclic) bond motifs is 3. The van der Waals surface area contributed by atoms with E-state index >= 15 is 0 Å². The first-order chi connectivity index (χ1) is 12.6. The van der Waals surface area contributed by atoms with Crippen molar-refractivity contribution >= 4 is 5.71 Å². The number of hydrogen-bond acceptors (Lipinski definition) is 5. The number of nitrogens with zero attached hydrogens (tertiary/aromatic N) is 2. The Kier molecular flexibility index (Phi) is 4.23. The molecular weight excluding hydrogens is 328 g/mol. The van der Waals surface area contributed by atoms with Crippen molar-refractivity contribution in [2.45, 2.75) is 39.0 Å². The Morgan fingerprint density at radius 1 is 1.23 bits per heavy atom. The van der Waals surface area contributed by atoms with Crippen LogP contribution in [0.2, 0.25) is 0 Å². The van der Waals surface area contributed by atoms with Gasteiger partial charge in [0.25, 0.3) is 0 Å². The number of rotatable bonds is 4. The van der Waals surface area contributed by atoms with Gasteiger partial charge in [0.2, 0.25) is 0 Å². The lowest BCUT2D eigenvalue weighted by Gasteiger charge is -2.39. The van der Waals surface area contributed by atoms with Crippen LogP contribution in [-0.2, 0) is 0 Å². The molecule has 5 nitrogen and oxygen atoms in total. The van der Waals surface area contributed by atoms with E-state index in [4.69, 9.17) is 14.6 Å². The number of hydrazone groups is 1. The number of phenolic OH excluding ortho intramolecular Hbond substituents is 1. The van der Waals surface area contributed by atoms with E-state index in [0.29, 0.717) is 5.92 Å². The summed E-state index contributed by atoms with van der Waals surface area (Å²) in [6, 6.07) is 13.4. The summed E-state index contributed by atoms with van der Waals surface area (Å²) >= 11 is 0. The fourth-order valence-corrected chi connectivity index (χ4v) is 3.76. The summed E-state index contributed by atoms with van der Waals surface area (Å²) in [6.45, 7) is 4.36. The predicted molar refractivity (Wildman–Crippen MR) is 101 cm³/mol. The molecule has 0 saturated carbocycles. The average Bonchev–Trinajstić information content (AvgIpc) is 3.07. The maximum atomic E-state index is 10.2. The minimum Gasteiger partial charge on any atom is -0.507 e. The van der Waals surface area contributed by atoms with E-state index in [2.05, 4.69) is 24.9 Å². The smallest absolute Gasteiger partial charge is 0.188 e. The van der Waals surface area contributed by atoms with E-state index in [9.17, 15) is 5.11 Å². The predicted octanol–water partition coefficient (Wildman–Crippen LogP) is 4.32. The zero-order valence-corrected chi connectivity index (χ0v) is 15.3. The molecule has 2 aliphatic rings. The van der Waals surface area contributed by atoms with Gasteiger partial charge in [0, 0.05) is 24.0 Å². The second kappa shape index (κ2) is 6.56. The zero-order chi connectivity index (χ0) is 18.3. The molecule has 0 bridgehead atoms. The van der Waals surface area contributed by atoms with Crippen LogP contribution >= 0.6 is 0 Å². The Balaban J connectivity index is 1.77. The summed E-state index contributed by atoms with van der Waals surface area (Å²) in [4.78, 5) is 0. The molecule has 0 amide bonds. The van der Waals surface area contributed by atoms with Gasteiger partial charge in [0.15, 0.2) is 17.7 Å². The van der Waals surface area contributed by atoms with Crippen molar-refractivity contribution in [3.63, 3.8) is 0 Å². The van der Waals surface area contributed by atoms with Crippen LogP contribution in [0.5, 0.6) is 17.2 Å². The second-order valence-corrected chi connectivity index (χ2v) is 7.24. The molecule has 1 N–H and O–H groups in total. The number of ether oxygens (including phenoxy) is 2. The molecule has 0 aliphatic carbocycles. The highest BCUT2D eigenvalue weighted by molar-refractivity contribution is 6.04. The average molecular weight is 352 g/mol. The van der Waals surface area contributed by atoms with Gasteiger partial charge in [-0.05, 0) is 24.1 Å². The van der Waals surface area contributed by atoms with Gasteiger partial charge < -0.3 is 14.6 Å². The molecule has 0 aromatic heterocycles. The number of methoxy groups -OCH3 is 1. The van der Waals surface area contributed by atoms with E-state index in [1.165, 1.54) is 0 Å². The van der Waals surface area contributed by atoms with Crippen LogP contribution in [0, 0.1) is 5.92 Å². The van der Waals surface area contributed by atoms with Gasteiger partial charge in [0.1, 0.15) is 5.75 Å².